The third-order valence-corrected chi connectivity index (χ3v) is 4.91. The van der Waals surface area contributed by atoms with E-state index in [1.54, 1.807) is 30.3 Å². The van der Waals surface area contributed by atoms with Crippen LogP contribution < -0.4 is 16.0 Å². The standard InChI is InChI=1S/C22H26N4O2/c1-2-26(20-7-3-4-15-24-20)21-8-5-6-18(25-21)13-14-19(27)16-9-11-17(12-10-16)22(23)28/h5-6,8-14,20,24H,2-4,7,15H2,1H3,(H2,23,28). The molecule has 1 unspecified atom stereocenters. The van der Waals surface area contributed by atoms with Crippen molar-refractivity contribution in [2.45, 2.75) is 32.4 Å². The van der Waals surface area contributed by atoms with Gasteiger partial charge in [0, 0.05) is 17.7 Å². The second kappa shape index (κ2) is 9.28. The van der Waals surface area contributed by atoms with E-state index in [4.69, 9.17) is 10.7 Å². The highest BCUT2D eigenvalue weighted by Crippen LogP contribution is 2.19. The highest BCUT2D eigenvalue weighted by atomic mass is 16.1. The number of nitrogens with one attached hydrogen (secondary N) is 1. The van der Waals surface area contributed by atoms with Crippen molar-refractivity contribution in [1.82, 2.24) is 10.3 Å². The zero-order valence-corrected chi connectivity index (χ0v) is 16.1. The lowest BCUT2D eigenvalue weighted by atomic mass is 10.1. The number of ketones is 1. The first-order valence-corrected chi connectivity index (χ1v) is 9.68. The van der Waals surface area contributed by atoms with Crippen LogP contribution in [0.1, 0.15) is 52.6 Å². The Morgan fingerprint density at radius 2 is 1.93 bits per heavy atom. The molecule has 1 aliphatic heterocycles. The molecule has 28 heavy (non-hydrogen) atoms. The maximum absolute atomic E-state index is 12.4. The smallest absolute Gasteiger partial charge is 0.248 e. The van der Waals surface area contributed by atoms with Crippen LogP contribution >= 0.6 is 0 Å². The quantitative estimate of drug-likeness (QED) is 0.571. The van der Waals surface area contributed by atoms with Gasteiger partial charge in [-0.2, -0.15) is 0 Å². The minimum absolute atomic E-state index is 0.149. The van der Waals surface area contributed by atoms with E-state index in [0.29, 0.717) is 17.3 Å². The number of rotatable bonds is 7. The molecule has 1 atom stereocenters. The fourth-order valence-corrected chi connectivity index (χ4v) is 3.39. The average molecular weight is 378 g/mol. The predicted molar refractivity (Wildman–Crippen MR) is 111 cm³/mol. The van der Waals surface area contributed by atoms with E-state index < -0.39 is 5.91 Å². The lowest BCUT2D eigenvalue weighted by Crippen LogP contribution is -2.48. The van der Waals surface area contributed by atoms with Gasteiger partial charge in [-0.3, -0.25) is 14.9 Å². The molecule has 0 bridgehead atoms. The van der Waals surface area contributed by atoms with Gasteiger partial charge in [0.2, 0.25) is 5.91 Å². The summed E-state index contributed by atoms with van der Waals surface area (Å²) in [4.78, 5) is 30.5. The Kier molecular flexibility index (Phi) is 6.55. The van der Waals surface area contributed by atoms with Crippen molar-refractivity contribution in [2.75, 3.05) is 18.0 Å². The van der Waals surface area contributed by atoms with Crippen molar-refractivity contribution in [3.8, 4) is 0 Å². The summed E-state index contributed by atoms with van der Waals surface area (Å²) in [5.41, 5.74) is 6.83. The number of piperidine rings is 1. The van der Waals surface area contributed by atoms with Crippen molar-refractivity contribution >= 4 is 23.6 Å². The summed E-state index contributed by atoms with van der Waals surface area (Å²) in [7, 11) is 0. The van der Waals surface area contributed by atoms with E-state index in [9.17, 15) is 9.59 Å². The number of pyridine rings is 1. The predicted octanol–water partition coefficient (Wildman–Crippen LogP) is 3.00. The van der Waals surface area contributed by atoms with Crippen LogP contribution in [0.2, 0.25) is 0 Å². The van der Waals surface area contributed by atoms with Crippen molar-refractivity contribution in [3.63, 3.8) is 0 Å². The number of nitrogens with two attached hydrogens (primary N) is 1. The monoisotopic (exact) mass is 378 g/mol. The largest absolute Gasteiger partial charge is 0.366 e. The lowest BCUT2D eigenvalue weighted by Gasteiger charge is -2.35. The van der Waals surface area contributed by atoms with Crippen LogP contribution in [0.15, 0.2) is 48.5 Å². The first-order chi connectivity index (χ1) is 13.6. The number of amides is 1. The fourth-order valence-electron chi connectivity index (χ4n) is 3.39. The van der Waals surface area contributed by atoms with Crippen molar-refractivity contribution in [2.24, 2.45) is 5.73 Å². The molecule has 3 N–H and O–H groups in total. The molecule has 0 saturated carbocycles. The molecule has 0 radical (unpaired) electrons. The fraction of sp³-hybridized carbons (Fsp3) is 0.318. The third-order valence-electron chi connectivity index (χ3n) is 4.91. The van der Waals surface area contributed by atoms with Crippen LogP contribution in [-0.2, 0) is 0 Å². The van der Waals surface area contributed by atoms with Crippen LogP contribution in [0.25, 0.3) is 6.08 Å². The molecule has 1 aliphatic rings. The number of hydrogen-bond donors (Lipinski definition) is 2. The summed E-state index contributed by atoms with van der Waals surface area (Å²) in [5, 5.41) is 3.55. The molecule has 3 rings (SSSR count). The maximum Gasteiger partial charge on any atom is 0.248 e. The van der Waals surface area contributed by atoms with E-state index >= 15 is 0 Å². The number of primary amides is 1. The molecule has 6 nitrogen and oxygen atoms in total. The summed E-state index contributed by atoms with van der Waals surface area (Å²) in [5.74, 6) is 0.246. The lowest BCUT2D eigenvalue weighted by molar-refractivity contribution is 0.0997. The molecule has 2 heterocycles. The van der Waals surface area contributed by atoms with Crippen LogP contribution in [0.3, 0.4) is 0 Å². The molecule has 146 valence electrons. The van der Waals surface area contributed by atoms with Crippen molar-refractivity contribution in [3.05, 3.63) is 65.4 Å². The summed E-state index contributed by atoms with van der Waals surface area (Å²) in [6, 6.07) is 12.2. The van der Waals surface area contributed by atoms with Gasteiger partial charge >= 0.3 is 0 Å². The highest BCUT2D eigenvalue weighted by molar-refractivity contribution is 6.07. The van der Waals surface area contributed by atoms with Crippen molar-refractivity contribution < 1.29 is 9.59 Å². The molecule has 1 saturated heterocycles. The number of carbonyl (C=O) groups is 2. The third kappa shape index (κ3) is 4.84. The highest BCUT2D eigenvalue weighted by Gasteiger charge is 2.20. The SMILES string of the molecule is CCN(c1cccc(C=CC(=O)c2ccc(C(N)=O)cc2)n1)C1CCCCN1. The molecule has 1 fully saturated rings. The number of hydrogen-bond acceptors (Lipinski definition) is 5. The van der Waals surface area contributed by atoms with Gasteiger partial charge in [-0.25, -0.2) is 4.98 Å². The molecule has 1 aromatic carbocycles. The van der Waals surface area contributed by atoms with E-state index in [1.165, 1.54) is 18.9 Å². The number of nitrogens with zero attached hydrogens (tertiary/aromatic N) is 2. The number of carbonyl (C=O) groups excluding carboxylic acids is 2. The van der Waals surface area contributed by atoms with E-state index in [1.807, 2.05) is 18.2 Å². The zero-order valence-electron chi connectivity index (χ0n) is 16.1. The van der Waals surface area contributed by atoms with Gasteiger partial charge in [0.05, 0.1) is 11.9 Å². The molecule has 1 amide bonds. The Balaban J connectivity index is 1.72. The average Bonchev–Trinajstić information content (AvgIpc) is 2.74. The second-order valence-corrected chi connectivity index (χ2v) is 6.81. The van der Waals surface area contributed by atoms with Crippen LogP contribution in [-0.4, -0.2) is 35.9 Å². The zero-order chi connectivity index (χ0) is 19.9. The van der Waals surface area contributed by atoms with E-state index in [-0.39, 0.29) is 5.78 Å². The van der Waals surface area contributed by atoms with Crippen LogP contribution in [0.4, 0.5) is 5.82 Å². The molecule has 6 heteroatoms. The Hall–Kier alpha value is -2.99. The summed E-state index contributed by atoms with van der Waals surface area (Å²) in [6.45, 7) is 4.02. The number of benzene rings is 1. The van der Waals surface area contributed by atoms with Crippen molar-refractivity contribution in [1.29, 1.82) is 0 Å². The summed E-state index contributed by atoms with van der Waals surface area (Å²) < 4.78 is 0. The van der Waals surface area contributed by atoms with Gasteiger partial charge in [-0.05, 0) is 69.1 Å². The Morgan fingerprint density at radius 3 is 2.57 bits per heavy atom. The van der Waals surface area contributed by atoms with Crippen LogP contribution in [0, 0.1) is 0 Å². The number of anilines is 1. The summed E-state index contributed by atoms with van der Waals surface area (Å²) >= 11 is 0. The molecule has 2 aromatic rings. The van der Waals surface area contributed by atoms with Gasteiger partial charge in [-0.15, -0.1) is 0 Å². The second-order valence-electron chi connectivity index (χ2n) is 6.81. The number of allylic oxidation sites excluding steroid dienone is 1. The van der Waals surface area contributed by atoms with Gasteiger partial charge in [-0.1, -0.05) is 18.2 Å². The molecule has 0 spiro atoms. The maximum atomic E-state index is 12.4. The number of aromatic nitrogens is 1. The van der Waals surface area contributed by atoms with Gasteiger partial charge in [0.25, 0.3) is 0 Å². The Labute approximate surface area is 165 Å². The Morgan fingerprint density at radius 1 is 1.18 bits per heavy atom. The first-order valence-electron chi connectivity index (χ1n) is 9.68. The van der Waals surface area contributed by atoms with Crippen LogP contribution in [0.5, 0.6) is 0 Å². The van der Waals surface area contributed by atoms with Gasteiger partial charge in [0.15, 0.2) is 5.78 Å². The minimum Gasteiger partial charge on any atom is -0.366 e. The van der Waals surface area contributed by atoms with Gasteiger partial charge in [0.1, 0.15) is 5.82 Å². The molecular formula is C22H26N4O2. The Bertz CT molecular complexity index is 855. The molecule has 0 aliphatic carbocycles. The van der Waals surface area contributed by atoms with E-state index in [0.717, 1.165) is 31.0 Å². The van der Waals surface area contributed by atoms with Gasteiger partial charge < -0.3 is 10.6 Å². The summed E-state index contributed by atoms with van der Waals surface area (Å²) in [6.07, 6.45) is 7.06. The minimum atomic E-state index is -0.511. The van der Waals surface area contributed by atoms with E-state index in [2.05, 4.69) is 17.1 Å². The topological polar surface area (TPSA) is 88.3 Å². The molecular weight excluding hydrogens is 352 g/mol. The normalized spacial score (nSPS) is 16.8. The molecule has 1 aromatic heterocycles. The first kappa shape index (κ1) is 19.8.